The van der Waals surface area contributed by atoms with Crippen LogP contribution >= 0.6 is 0 Å². The number of methoxy groups -OCH3 is 1. The normalized spacial score (nSPS) is 22.2. The average molecular weight is 486 g/mol. The summed E-state index contributed by atoms with van der Waals surface area (Å²) in [6.07, 6.45) is 2.43. The van der Waals surface area contributed by atoms with Gasteiger partial charge in [-0.15, -0.1) is 0 Å². The monoisotopic (exact) mass is 485 g/mol. The van der Waals surface area contributed by atoms with Crippen molar-refractivity contribution >= 4 is 11.9 Å². The number of nitrogens with zero attached hydrogens (tertiary/aromatic N) is 1. The van der Waals surface area contributed by atoms with Gasteiger partial charge in [0.15, 0.2) is 5.78 Å². The van der Waals surface area contributed by atoms with Gasteiger partial charge in [-0.1, -0.05) is 48.5 Å². The van der Waals surface area contributed by atoms with Crippen LogP contribution in [0.4, 0.5) is 9.18 Å². The Morgan fingerprint density at radius 2 is 1.53 bits per heavy atom. The van der Waals surface area contributed by atoms with E-state index in [1.165, 1.54) is 41.5 Å². The highest BCUT2D eigenvalue weighted by Crippen LogP contribution is 2.45. The number of carbonyl (C=O) groups is 2. The molecule has 1 aliphatic carbocycles. The number of Topliss-reactive ketones (excluding diaryl/α,β-unsaturated/α-hetero) is 1. The third-order valence-electron chi connectivity index (χ3n) is 8.09. The maximum Gasteiger partial charge on any atom is 0.410 e. The molecular weight excluding hydrogens is 457 g/mol. The van der Waals surface area contributed by atoms with Crippen molar-refractivity contribution in [1.82, 2.24) is 4.90 Å². The van der Waals surface area contributed by atoms with Gasteiger partial charge in [0.1, 0.15) is 18.2 Å². The predicted octanol–water partition coefficient (Wildman–Crippen LogP) is 6.21. The van der Waals surface area contributed by atoms with Crippen molar-refractivity contribution in [2.75, 3.05) is 13.7 Å². The number of hydrogen-bond donors (Lipinski definition) is 0. The lowest BCUT2D eigenvalue weighted by Gasteiger charge is -2.37. The molecule has 1 amide bonds. The minimum absolute atomic E-state index is 0.0103. The van der Waals surface area contributed by atoms with Gasteiger partial charge in [-0.25, -0.2) is 9.18 Å². The zero-order valence-corrected chi connectivity index (χ0v) is 20.2. The van der Waals surface area contributed by atoms with E-state index in [0.29, 0.717) is 18.6 Å². The number of rotatable bonds is 5. The van der Waals surface area contributed by atoms with Gasteiger partial charge in [-0.2, -0.15) is 0 Å². The first-order valence-corrected chi connectivity index (χ1v) is 12.6. The first-order valence-electron chi connectivity index (χ1n) is 12.6. The van der Waals surface area contributed by atoms with Crippen molar-refractivity contribution in [3.05, 3.63) is 89.2 Å². The Kier molecular flexibility index (Phi) is 5.75. The van der Waals surface area contributed by atoms with Crippen LogP contribution in [0.25, 0.3) is 11.1 Å². The third-order valence-corrected chi connectivity index (χ3v) is 8.09. The van der Waals surface area contributed by atoms with Crippen molar-refractivity contribution in [3.63, 3.8) is 0 Å². The highest BCUT2D eigenvalue weighted by Gasteiger charge is 2.46. The summed E-state index contributed by atoms with van der Waals surface area (Å²) >= 11 is 0. The quantitative estimate of drug-likeness (QED) is 0.403. The largest absolute Gasteiger partial charge is 0.497 e. The summed E-state index contributed by atoms with van der Waals surface area (Å²) in [5, 5.41) is 0. The van der Waals surface area contributed by atoms with Crippen LogP contribution in [-0.2, 0) is 4.74 Å². The molecule has 2 unspecified atom stereocenters. The molecule has 0 N–H and O–H groups in total. The van der Waals surface area contributed by atoms with Crippen LogP contribution in [0.15, 0.2) is 66.7 Å². The molecule has 5 nitrogen and oxygen atoms in total. The highest BCUT2D eigenvalue weighted by molar-refractivity contribution is 5.98. The van der Waals surface area contributed by atoms with Gasteiger partial charge in [0.2, 0.25) is 0 Å². The minimum Gasteiger partial charge on any atom is -0.497 e. The number of halogens is 1. The molecule has 3 aliphatic rings. The van der Waals surface area contributed by atoms with Gasteiger partial charge < -0.3 is 14.4 Å². The topological polar surface area (TPSA) is 55.8 Å². The lowest BCUT2D eigenvalue weighted by atomic mass is 9.84. The zero-order valence-electron chi connectivity index (χ0n) is 20.2. The third kappa shape index (κ3) is 3.76. The van der Waals surface area contributed by atoms with Crippen LogP contribution in [0.1, 0.15) is 53.1 Å². The van der Waals surface area contributed by atoms with E-state index in [9.17, 15) is 14.0 Å². The number of ether oxygens (including phenoxy) is 2. The minimum atomic E-state index is -0.564. The fraction of sp³-hybridized carbons (Fsp3) is 0.333. The summed E-state index contributed by atoms with van der Waals surface area (Å²) in [7, 11) is 1.47. The average Bonchev–Trinajstić information content (AvgIpc) is 3.37. The fourth-order valence-corrected chi connectivity index (χ4v) is 6.40. The lowest BCUT2D eigenvalue weighted by Crippen LogP contribution is -2.48. The van der Waals surface area contributed by atoms with Crippen LogP contribution in [0, 0.1) is 11.7 Å². The van der Waals surface area contributed by atoms with E-state index in [1.807, 2.05) is 29.2 Å². The molecule has 184 valence electrons. The molecule has 2 aliphatic heterocycles. The molecule has 36 heavy (non-hydrogen) atoms. The number of benzene rings is 3. The van der Waals surface area contributed by atoms with Crippen LogP contribution < -0.4 is 4.74 Å². The number of fused-ring (bicyclic) bond motifs is 5. The van der Waals surface area contributed by atoms with Gasteiger partial charge in [-0.05, 0) is 60.1 Å². The Bertz CT molecular complexity index is 1280. The molecule has 6 rings (SSSR count). The van der Waals surface area contributed by atoms with Gasteiger partial charge >= 0.3 is 6.09 Å². The number of ketones is 1. The van der Waals surface area contributed by atoms with Crippen LogP contribution in [-0.4, -0.2) is 42.6 Å². The van der Waals surface area contributed by atoms with Crippen LogP contribution in [0.3, 0.4) is 0 Å². The Labute approximate surface area is 209 Å². The van der Waals surface area contributed by atoms with E-state index in [2.05, 4.69) is 24.3 Å². The molecular formula is C30H28FNO4. The van der Waals surface area contributed by atoms with E-state index in [4.69, 9.17) is 9.47 Å². The number of amides is 1. The second kappa shape index (κ2) is 9.08. The Morgan fingerprint density at radius 3 is 2.11 bits per heavy atom. The van der Waals surface area contributed by atoms with Crippen molar-refractivity contribution in [2.45, 2.75) is 43.7 Å². The van der Waals surface area contributed by atoms with Crippen molar-refractivity contribution in [2.24, 2.45) is 5.92 Å². The zero-order chi connectivity index (χ0) is 24.8. The molecule has 2 fully saturated rings. The van der Waals surface area contributed by atoms with E-state index in [-0.39, 0.29) is 48.0 Å². The molecule has 0 radical (unpaired) electrons. The maximum atomic E-state index is 14.5. The molecule has 0 saturated carbocycles. The van der Waals surface area contributed by atoms with Gasteiger partial charge in [-0.3, -0.25) is 4.79 Å². The first-order chi connectivity index (χ1) is 17.5. The Morgan fingerprint density at radius 1 is 0.917 bits per heavy atom. The van der Waals surface area contributed by atoms with E-state index < -0.39 is 5.82 Å². The van der Waals surface area contributed by atoms with Gasteiger partial charge in [0.05, 0.1) is 12.7 Å². The Balaban J connectivity index is 1.14. The molecule has 2 atom stereocenters. The van der Waals surface area contributed by atoms with E-state index in [0.717, 1.165) is 12.8 Å². The lowest BCUT2D eigenvalue weighted by molar-refractivity contribution is 0.0504. The first kappa shape index (κ1) is 22.8. The molecule has 0 aromatic heterocycles. The number of hydrogen-bond acceptors (Lipinski definition) is 4. The Hall–Kier alpha value is -3.67. The fourth-order valence-electron chi connectivity index (χ4n) is 6.40. The predicted molar refractivity (Wildman–Crippen MR) is 134 cm³/mol. The molecule has 3 aromatic carbocycles. The molecule has 0 spiro atoms. The summed E-state index contributed by atoms with van der Waals surface area (Å²) in [5.41, 5.74) is 4.84. The molecule has 3 aromatic rings. The maximum absolute atomic E-state index is 14.5. The number of piperidine rings is 1. The molecule has 2 saturated heterocycles. The summed E-state index contributed by atoms with van der Waals surface area (Å²) in [6, 6.07) is 20.8. The molecule has 6 heteroatoms. The van der Waals surface area contributed by atoms with Crippen molar-refractivity contribution < 1.29 is 23.5 Å². The second-order valence-corrected chi connectivity index (χ2v) is 9.97. The van der Waals surface area contributed by atoms with Crippen LogP contribution in [0.2, 0.25) is 0 Å². The van der Waals surface area contributed by atoms with Crippen molar-refractivity contribution in [1.29, 1.82) is 0 Å². The van der Waals surface area contributed by atoms with Gasteiger partial charge in [0.25, 0.3) is 0 Å². The standard InChI is InChI=1S/C30H28FNO4/c1-35-21-12-13-26(28(31)16-21)29(33)18-14-19-10-11-20(15-18)32(19)30(34)36-17-27-24-8-4-2-6-22(24)23-7-3-5-9-25(23)27/h2-9,12-13,16,18-20,27H,10-11,14-15,17H2,1H3. The summed E-state index contributed by atoms with van der Waals surface area (Å²) < 4.78 is 25.5. The second-order valence-electron chi connectivity index (χ2n) is 9.97. The molecule has 2 heterocycles. The summed E-state index contributed by atoms with van der Waals surface area (Å²) in [5.74, 6) is -0.668. The van der Waals surface area contributed by atoms with Crippen LogP contribution in [0.5, 0.6) is 5.75 Å². The van der Waals surface area contributed by atoms with E-state index in [1.54, 1.807) is 6.07 Å². The number of carbonyl (C=O) groups excluding carboxylic acids is 2. The van der Waals surface area contributed by atoms with Gasteiger partial charge in [0, 0.05) is 30.0 Å². The van der Waals surface area contributed by atoms with E-state index >= 15 is 0 Å². The summed E-state index contributed by atoms with van der Waals surface area (Å²) in [4.78, 5) is 28.2. The van der Waals surface area contributed by atoms with Crippen molar-refractivity contribution in [3.8, 4) is 16.9 Å². The SMILES string of the molecule is COc1ccc(C(=O)C2CC3CCC(C2)N3C(=O)OCC2c3ccccc3-c3ccccc32)c(F)c1. The highest BCUT2D eigenvalue weighted by atomic mass is 19.1. The smallest absolute Gasteiger partial charge is 0.410 e. The summed E-state index contributed by atoms with van der Waals surface area (Å²) in [6.45, 7) is 0.280. The molecule has 2 bridgehead atoms.